The quantitative estimate of drug-likeness (QED) is 0.489. The molecule has 2 amide bonds. The van der Waals surface area contributed by atoms with Gasteiger partial charge in [-0.3, -0.25) is 14.4 Å². The van der Waals surface area contributed by atoms with Crippen molar-refractivity contribution in [1.82, 2.24) is 10.3 Å². The third-order valence-electron chi connectivity index (χ3n) is 5.75. The molecule has 1 atom stereocenters. The van der Waals surface area contributed by atoms with Crippen molar-refractivity contribution in [3.63, 3.8) is 0 Å². The Bertz CT molecular complexity index is 1220. The molecule has 2 aliphatic rings. The van der Waals surface area contributed by atoms with Gasteiger partial charge in [0.05, 0.1) is 5.56 Å². The van der Waals surface area contributed by atoms with E-state index in [9.17, 15) is 14.4 Å². The van der Waals surface area contributed by atoms with Crippen LogP contribution in [0, 0.1) is 12.8 Å². The number of amides is 2. The van der Waals surface area contributed by atoms with Gasteiger partial charge in [-0.05, 0) is 25.1 Å². The molecular formula is C23H21N3O5. The number of aromatic amines is 1. The summed E-state index contributed by atoms with van der Waals surface area (Å²) in [5.74, 6) is -0.0866. The average Bonchev–Trinajstić information content (AvgIpc) is 3.46. The molecule has 0 aliphatic carbocycles. The number of H-pyrrole nitrogens is 1. The van der Waals surface area contributed by atoms with Crippen molar-refractivity contribution in [3.05, 3.63) is 53.7 Å². The molecule has 3 aromatic rings. The summed E-state index contributed by atoms with van der Waals surface area (Å²) in [5.41, 5.74) is 2.59. The fraction of sp³-hybridized carbons (Fsp3) is 0.261. The van der Waals surface area contributed by atoms with Gasteiger partial charge in [-0.15, -0.1) is 0 Å². The number of aryl methyl sites for hydroxylation is 1. The third kappa shape index (κ3) is 3.39. The molecule has 158 valence electrons. The molecule has 1 fully saturated rings. The SMILES string of the molecule is Cc1[nH]c2ccccc2c1C(=O)C(=O)NCC1CC(=O)N(c2ccc3c(c2)OCO3)C1. The number of anilines is 1. The zero-order valence-electron chi connectivity index (χ0n) is 16.9. The molecule has 1 saturated heterocycles. The van der Waals surface area contributed by atoms with Crippen LogP contribution in [0.5, 0.6) is 11.5 Å². The number of carbonyl (C=O) groups excluding carboxylic acids is 3. The predicted octanol–water partition coefficient (Wildman–Crippen LogP) is 2.56. The number of fused-ring (bicyclic) bond motifs is 2. The number of carbonyl (C=O) groups is 3. The molecular weight excluding hydrogens is 398 g/mol. The Labute approximate surface area is 178 Å². The maximum atomic E-state index is 12.8. The second kappa shape index (κ2) is 7.46. The van der Waals surface area contributed by atoms with Gasteiger partial charge >= 0.3 is 0 Å². The molecule has 3 heterocycles. The van der Waals surface area contributed by atoms with Crippen LogP contribution in [-0.4, -0.2) is 42.5 Å². The van der Waals surface area contributed by atoms with Crippen molar-refractivity contribution in [1.29, 1.82) is 0 Å². The lowest BCUT2D eigenvalue weighted by Crippen LogP contribution is -2.36. The van der Waals surface area contributed by atoms with Crippen molar-refractivity contribution in [2.75, 3.05) is 24.8 Å². The molecule has 0 radical (unpaired) electrons. The fourth-order valence-corrected chi connectivity index (χ4v) is 4.22. The summed E-state index contributed by atoms with van der Waals surface area (Å²) in [4.78, 5) is 42.6. The Kier molecular flexibility index (Phi) is 4.62. The van der Waals surface area contributed by atoms with Gasteiger partial charge in [-0.25, -0.2) is 0 Å². The number of hydrogen-bond donors (Lipinski definition) is 2. The number of aromatic nitrogens is 1. The first-order chi connectivity index (χ1) is 15.0. The van der Waals surface area contributed by atoms with Crippen LogP contribution in [0.3, 0.4) is 0 Å². The summed E-state index contributed by atoms with van der Waals surface area (Å²) >= 11 is 0. The number of nitrogens with one attached hydrogen (secondary N) is 2. The Hall–Kier alpha value is -3.81. The van der Waals surface area contributed by atoms with Crippen molar-refractivity contribution in [3.8, 4) is 11.5 Å². The molecule has 5 rings (SSSR count). The summed E-state index contributed by atoms with van der Waals surface area (Å²) < 4.78 is 10.7. The van der Waals surface area contributed by atoms with E-state index in [1.165, 1.54) is 0 Å². The normalized spacial score (nSPS) is 17.4. The summed E-state index contributed by atoms with van der Waals surface area (Å²) in [5, 5.41) is 3.44. The van der Waals surface area contributed by atoms with Crippen molar-refractivity contribution in [2.24, 2.45) is 5.92 Å². The van der Waals surface area contributed by atoms with Crippen LogP contribution in [0.4, 0.5) is 5.69 Å². The topological polar surface area (TPSA) is 101 Å². The average molecular weight is 419 g/mol. The van der Waals surface area contributed by atoms with Crippen LogP contribution in [0.15, 0.2) is 42.5 Å². The lowest BCUT2D eigenvalue weighted by atomic mass is 10.1. The predicted molar refractivity (Wildman–Crippen MR) is 113 cm³/mol. The van der Waals surface area contributed by atoms with E-state index in [0.29, 0.717) is 35.7 Å². The Morgan fingerprint density at radius 1 is 1.16 bits per heavy atom. The number of rotatable bonds is 5. The second-order valence-electron chi connectivity index (χ2n) is 7.82. The largest absolute Gasteiger partial charge is 0.454 e. The number of para-hydroxylation sites is 1. The maximum Gasteiger partial charge on any atom is 0.292 e. The van der Waals surface area contributed by atoms with Crippen molar-refractivity contribution >= 4 is 34.2 Å². The van der Waals surface area contributed by atoms with Gasteiger partial charge in [-0.2, -0.15) is 0 Å². The summed E-state index contributed by atoms with van der Waals surface area (Å²) in [6.07, 6.45) is 0.301. The summed E-state index contributed by atoms with van der Waals surface area (Å²) in [6.45, 7) is 2.66. The van der Waals surface area contributed by atoms with Crippen LogP contribution in [0.25, 0.3) is 10.9 Å². The second-order valence-corrected chi connectivity index (χ2v) is 7.82. The molecule has 0 spiro atoms. The van der Waals surface area contributed by atoms with Gasteiger partial charge in [0.15, 0.2) is 11.5 Å². The molecule has 8 nitrogen and oxygen atoms in total. The number of Topliss-reactive ketones (excluding diaryl/α,β-unsaturated/α-hetero) is 1. The van der Waals surface area contributed by atoms with E-state index >= 15 is 0 Å². The van der Waals surface area contributed by atoms with E-state index in [0.717, 1.165) is 16.6 Å². The Morgan fingerprint density at radius 3 is 2.84 bits per heavy atom. The lowest BCUT2D eigenvalue weighted by Gasteiger charge is -2.17. The number of benzene rings is 2. The van der Waals surface area contributed by atoms with Crippen LogP contribution in [0.2, 0.25) is 0 Å². The highest BCUT2D eigenvalue weighted by Crippen LogP contribution is 2.37. The first-order valence-electron chi connectivity index (χ1n) is 10.1. The smallest absolute Gasteiger partial charge is 0.292 e. The highest BCUT2D eigenvalue weighted by molar-refractivity contribution is 6.45. The van der Waals surface area contributed by atoms with Crippen molar-refractivity contribution in [2.45, 2.75) is 13.3 Å². The maximum absolute atomic E-state index is 12.8. The summed E-state index contributed by atoms with van der Waals surface area (Å²) in [6, 6.07) is 12.8. The highest BCUT2D eigenvalue weighted by Gasteiger charge is 2.32. The van der Waals surface area contributed by atoms with E-state index in [1.807, 2.05) is 30.3 Å². The van der Waals surface area contributed by atoms with Gasteiger partial charge in [-0.1, -0.05) is 18.2 Å². The van der Waals surface area contributed by atoms with Gasteiger partial charge in [0, 0.05) is 53.8 Å². The molecule has 2 N–H and O–H groups in total. The third-order valence-corrected chi connectivity index (χ3v) is 5.75. The fourth-order valence-electron chi connectivity index (χ4n) is 4.22. The zero-order chi connectivity index (χ0) is 21.5. The van der Waals surface area contributed by atoms with E-state index in [-0.39, 0.29) is 25.2 Å². The summed E-state index contributed by atoms with van der Waals surface area (Å²) in [7, 11) is 0. The molecule has 0 bridgehead atoms. The van der Waals surface area contributed by atoms with E-state index < -0.39 is 11.7 Å². The first-order valence-corrected chi connectivity index (χ1v) is 10.1. The van der Waals surface area contributed by atoms with Gasteiger partial charge < -0.3 is 24.7 Å². The number of ketones is 1. The van der Waals surface area contributed by atoms with E-state index in [4.69, 9.17) is 9.47 Å². The number of nitrogens with zero attached hydrogens (tertiary/aromatic N) is 1. The van der Waals surface area contributed by atoms with E-state index in [2.05, 4.69) is 10.3 Å². The molecule has 8 heteroatoms. The molecule has 2 aromatic carbocycles. The Balaban J connectivity index is 1.24. The van der Waals surface area contributed by atoms with Gasteiger partial charge in [0.2, 0.25) is 12.7 Å². The molecule has 1 aromatic heterocycles. The van der Waals surface area contributed by atoms with E-state index in [1.54, 1.807) is 24.0 Å². The minimum absolute atomic E-state index is 0.0306. The van der Waals surface area contributed by atoms with Crippen LogP contribution in [-0.2, 0) is 9.59 Å². The first kappa shape index (κ1) is 19.2. The molecule has 31 heavy (non-hydrogen) atoms. The Morgan fingerprint density at radius 2 is 1.97 bits per heavy atom. The lowest BCUT2D eigenvalue weighted by molar-refractivity contribution is -0.118. The van der Waals surface area contributed by atoms with Gasteiger partial charge in [0.25, 0.3) is 11.7 Å². The zero-order valence-corrected chi connectivity index (χ0v) is 16.9. The molecule has 1 unspecified atom stereocenters. The molecule has 0 saturated carbocycles. The highest BCUT2D eigenvalue weighted by atomic mass is 16.7. The van der Waals surface area contributed by atoms with Crippen LogP contribution in [0.1, 0.15) is 22.5 Å². The van der Waals surface area contributed by atoms with Crippen LogP contribution < -0.4 is 19.7 Å². The minimum atomic E-state index is -0.665. The molecule has 2 aliphatic heterocycles. The monoisotopic (exact) mass is 419 g/mol. The number of hydrogen-bond acceptors (Lipinski definition) is 5. The van der Waals surface area contributed by atoms with Crippen molar-refractivity contribution < 1.29 is 23.9 Å². The minimum Gasteiger partial charge on any atom is -0.454 e. The standard InChI is InChI=1S/C23H21N3O5/c1-13-21(16-4-2-3-5-17(16)25-13)22(28)23(29)24-10-14-8-20(27)26(11-14)15-6-7-18-19(9-15)31-12-30-18/h2-7,9,14,25H,8,10-12H2,1H3,(H,24,29). The number of ether oxygens (including phenoxy) is 2. The van der Waals surface area contributed by atoms with Crippen LogP contribution >= 0.6 is 0 Å². The van der Waals surface area contributed by atoms with Gasteiger partial charge in [0.1, 0.15) is 0 Å².